The Labute approximate surface area is 97.3 Å². The average Bonchev–Trinajstić information content (AvgIpc) is 2.65. The summed E-state index contributed by atoms with van der Waals surface area (Å²) < 4.78 is 2.43. The van der Waals surface area contributed by atoms with Crippen LogP contribution in [0, 0.1) is 0 Å². The standard InChI is InChI=1S/C13H21N3/c1-8-7-9(2)16-10-5-6-13(3,4)11(10)15-12(16)14-8/h8-9H,5-7H2,1-4H3,(H,14,15). The Morgan fingerprint density at radius 1 is 1.38 bits per heavy atom. The van der Waals surface area contributed by atoms with E-state index >= 15 is 0 Å². The molecule has 16 heavy (non-hydrogen) atoms. The fourth-order valence-corrected chi connectivity index (χ4v) is 3.27. The third-order valence-corrected chi connectivity index (χ3v) is 4.15. The molecule has 0 saturated carbocycles. The second-order valence-corrected chi connectivity index (χ2v) is 6.11. The van der Waals surface area contributed by atoms with Crippen molar-refractivity contribution in [1.82, 2.24) is 9.55 Å². The SMILES string of the molecule is CC1CC(C)n2c(nc3c2CCC3(C)C)N1. The van der Waals surface area contributed by atoms with E-state index in [1.54, 1.807) is 0 Å². The number of nitrogens with one attached hydrogen (secondary N) is 1. The molecule has 2 unspecified atom stereocenters. The molecule has 0 radical (unpaired) electrons. The Balaban J connectivity index is 2.13. The predicted molar refractivity (Wildman–Crippen MR) is 66.0 cm³/mol. The lowest BCUT2D eigenvalue weighted by atomic mass is 9.91. The molecule has 1 N–H and O–H groups in total. The molecule has 2 aliphatic rings. The minimum absolute atomic E-state index is 0.268. The first-order valence-corrected chi connectivity index (χ1v) is 6.37. The maximum absolute atomic E-state index is 4.84. The van der Waals surface area contributed by atoms with Gasteiger partial charge in [0.1, 0.15) is 0 Å². The number of hydrogen-bond donors (Lipinski definition) is 1. The lowest BCUT2D eigenvalue weighted by Crippen LogP contribution is -2.29. The van der Waals surface area contributed by atoms with Crippen molar-refractivity contribution in [2.24, 2.45) is 0 Å². The van der Waals surface area contributed by atoms with Crippen molar-refractivity contribution in [2.45, 2.75) is 64.5 Å². The van der Waals surface area contributed by atoms with Crippen molar-refractivity contribution in [2.75, 3.05) is 5.32 Å². The zero-order valence-corrected chi connectivity index (χ0v) is 10.7. The fraction of sp³-hybridized carbons (Fsp3) is 0.769. The summed E-state index contributed by atoms with van der Waals surface area (Å²) in [6.07, 6.45) is 3.64. The van der Waals surface area contributed by atoms with Gasteiger partial charge in [0.05, 0.1) is 5.69 Å². The summed E-state index contributed by atoms with van der Waals surface area (Å²) in [7, 11) is 0. The van der Waals surface area contributed by atoms with E-state index in [2.05, 4.69) is 37.6 Å². The van der Waals surface area contributed by atoms with Crippen molar-refractivity contribution >= 4 is 5.95 Å². The lowest BCUT2D eigenvalue weighted by Gasteiger charge is -2.29. The summed E-state index contributed by atoms with van der Waals surface area (Å²) in [6, 6.07) is 1.14. The van der Waals surface area contributed by atoms with E-state index in [0.717, 1.165) is 5.95 Å². The number of imidazole rings is 1. The first-order valence-electron chi connectivity index (χ1n) is 6.37. The minimum atomic E-state index is 0.268. The molecule has 0 saturated heterocycles. The second kappa shape index (κ2) is 3.02. The molecule has 2 atom stereocenters. The van der Waals surface area contributed by atoms with Gasteiger partial charge in [0, 0.05) is 23.2 Å². The van der Waals surface area contributed by atoms with Crippen LogP contribution in [0.5, 0.6) is 0 Å². The summed E-state index contributed by atoms with van der Waals surface area (Å²) in [6.45, 7) is 9.18. The highest BCUT2D eigenvalue weighted by molar-refractivity contribution is 5.43. The fourth-order valence-electron chi connectivity index (χ4n) is 3.27. The molecule has 0 spiro atoms. The Morgan fingerprint density at radius 2 is 2.12 bits per heavy atom. The first kappa shape index (κ1) is 10.2. The zero-order chi connectivity index (χ0) is 11.5. The van der Waals surface area contributed by atoms with Crippen LogP contribution in [0.25, 0.3) is 0 Å². The Morgan fingerprint density at radius 3 is 2.88 bits per heavy atom. The normalized spacial score (nSPS) is 30.8. The van der Waals surface area contributed by atoms with Crippen LogP contribution in [0.3, 0.4) is 0 Å². The van der Waals surface area contributed by atoms with Crippen LogP contribution in [-0.2, 0) is 11.8 Å². The summed E-state index contributed by atoms with van der Waals surface area (Å²) >= 11 is 0. The van der Waals surface area contributed by atoms with Gasteiger partial charge in [0.2, 0.25) is 5.95 Å². The predicted octanol–water partition coefficient (Wildman–Crippen LogP) is 2.87. The van der Waals surface area contributed by atoms with Crippen molar-refractivity contribution in [3.63, 3.8) is 0 Å². The molecule has 0 bridgehead atoms. The van der Waals surface area contributed by atoms with Gasteiger partial charge in [-0.2, -0.15) is 0 Å². The minimum Gasteiger partial charge on any atom is -0.353 e. The summed E-state index contributed by atoms with van der Waals surface area (Å²) in [5, 5.41) is 3.51. The highest BCUT2D eigenvalue weighted by Gasteiger charge is 2.38. The second-order valence-electron chi connectivity index (χ2n) is 6.11. The molecule has 1 aromatic heterocycles. The van der Waals surface area contributed by atoms with Crippen molar-refractivity contribution in [1.29, 1.82) is 0 Å². The number of fused-ring (bicyclic) bond motifs is 3. The molecule has 3 heteroatoms. The van der Waals surface area contributed by atoms with Crippen molar-refractivity contribution in [3.8, 4) is 0 Å². The van der Waals surface area contributed by atoms with E-state index in [4.69, 9.17) is 4.98 Å². The third-order valence-electron chi connectivity index (χ3n) is 4.15. The van der Waals surface area contributed by atoms with Gasteiger partial charge in [-0.15, -0.1) is 0 Å². The molecule has 2 heterocycles. The maximum Gasteiger partial charge on any atom is 0.203 e. The largest absolute Gasteiger partial charge is 0.353 e. The van der Waals surface area contributed by atoms with Crippen LogP contribution in [0.1, 0.15) is 58.0 Å². The van der Waals surface area contributed by atoms with Gasteiger partial charge in [-0.25, -0.2) is 4.98 Å². The van der Waals surface area contributed by atoms with Crippen molar-refractivity contribution < 1.29 is 0 Å². The number of aromatic nitrogens is 2. The molecule has 0 amide bonds. The highest BCUT2D eigenvalue weighted by Crippen LogP contribution is 2.42. The zero-order valence-electron chi connectivity index (χ0n) is 10.7. The topological polar surface area (TPSA) is 29.9 Å². The van der Waals surface area contributed by atoms with Gasteiger partial charge >= 0.3 is 0 Å². The average molecular weight is 219 g/mol. The quantitative estimate of drug-likeness (QED) is 0.727. The van der Waals surface area contributed by atoms with Gasteiger partial charge in [0.15, 0.2) is 0 Å². The maximum atomic E-state index is 4.84. The van der Waals surface area contributed by atoms with Gasteiger partial charge in [-0.05, 0) is 33.1 Å². The van der Waals surface area contributed by atoms with Crippen LogP contribution in [0.4, 0.5) is 5.95 Å². The first-order chi connectivity index (χ1) is 7.49. The molecule has 0 fully saturated rings. The summed E-state index contributed by atoms with van der Waals surface area (Å²) in [5.41, 5.74) is 3.08. The molecule has 1 aliphatic carbocycles. The Kier molecular flexibility index (Phi) is 1.92. The Hall–Kier alpha value is -0.990. The number of rotatable bonds is 0. The van der Waals surface area contributed by atoms with Crippen LogP contribution in [-0.4, -0.2) is 15.6 Å². The van der Waals surface area contributed by atoms with Crippen LogP contribution in [0.15, 0.2) is 0 Å². The Bertz CT molecular complexity index is 431. The highest BCUT2D eigenvalue weighted by atomic mass is 15.3. The monoisotopic (exact) mass is 219 g/mol. The van der Waals surface area contributed by atoms with E-state index in [1.807, 2.05) is 0 Å². The molecular weight excluding hydrogens is 198 g/mol. The number of anilines is 1. The van der Waals surface area contributed by atoms with E-state index < -0.39 is 0 Å². The van der Waals surface area contributed by atoms with Gasteiger partial charge < -0.3 is 9.88 Å². The van der Waals surface area contributed by atoms with Gasteiger partial charge in [-0.1, -0.05) is 13.8 Å². The smallest absolute Gasteiger partial charge is 0.203 e. The van der Waals surface area contributed by atoms with Crippen molar-refractivity contribution in [3.05, 3.63) is 11.4 Å². The summed E-state index contributed by atoms with van der Waals surface area (Å²) in [5.74, 6) is 1.10. The van der Waals surface area contributed by atoms with E-state index in [1.165, 1.54) is 30.7 Å². The third kappa shape index (κ3) is 1.23. The molecule has 1 aromatic rings. The van der Waals surface area contributed by atoms with E-state index in [-0.39, 0.29) is 5.41 Å². The van der Waals surface area contributed by atoms with E-state index in [0.29, 0.717) is 12.1 Å². The molecule has 3 rings (SSSR count). The molecular formula is C13H21N3. The van der Waals surface area contributed by atoms with Crippen LogP contribution < -0.4 is 5.32 Å². The molecule has 3 nitrogen and oxygen atoms in total. The van der Waals surface area contributed by atoms with Crippen LogP contribution >= 0.6 is 0 Å². The number of nitrogens with zero attached hydrogens (tertiary/aromatic N) is 2. The van der Waals surface area contributed by atoms with E-state index in [9.17, 15) is 0 Å². The lowest BCUT2D eigenvalue weighted by molar-refractivity contribution is 0.435. The molecule has 88 valence electrons. The van der Waals surface area contributed by atoms with Gasteiger partial charge in [0.25, 0.3) is 0 Å². The molecule has 0 aromatic carbocycles. The number of hydrogen-bond acceptors (Lipinski definition) is 2. The van der Waals surface area contributed by atoms with Gasteiger partial charge in [-0.3, -0.25) is 0 Å². The van der Waals surface area contributed by atoms with Crippen LogP contribution in [0.2, 0.25) is 0 Å². The summed E-state index contributed by atoms with van der Waals surface area (Å²) in [4.78, 5) is 4.84. The molecule has 1 aliphatic heterocycles.